The van der Waals surface area contributed by atoms with Gasteiger partial charge < -0.3 is 15.3 Å². The van der Waals surface area contributed by atoms with Crippen molar-refractivity contribution in [2.45, 2.75) is 90.8 Å². The van der Waals surface area contributed by atoms with E-state index in [0.717, 1.165) is 19.3 Å². The molecule has 3 nitrogen and oxygen atoms in total. The number of hydrogen-bond acceptors (Lipinski definition) is 3. The highest BCUT2D eigenvalue weighted by Crippen LogP contribution is 2.59. The molecule has 0 aromatic rings. The molecule has 0 bridgehead atoms. The molecule has 0 radical (unpaired) electrons. The summed E-state index contributed by atoms with van der Waals surface area (Å²) in [6, 6.07) is 0. The van der Waals surface area contributed by atoms with Gasteiger partial charge in [-0.1, -0.05) is 62.8 Å². The van der Waals surface area contributed by atoms with E-state index < -0.39 is 5.60 Å². The summed E-state index contributed by atoms with van der Waals surface area (Å²) in [5, 5.41) is 29.8. The van der Waals surface area contributed by atoms with Gasteiger partial charge in [0.25, 0.3) is 0 Å². The van der Waals surface area contributed by atoms with Gasteiger partial charge in [-0.3, -0.25) is 0 Å². The lowest BCUT2D eigenvalue weighted by Crippen LogP contribution is -2.36. The van der Waals surface area contributed by atoms with E-state index in [1.165, 1.54) is 43.3 Å². The molecule has 31 heavy (non-hydrogen) atoms. The molecule has 3 aliphatic carbocycles. The molecule has 3 saturated carbocycles. The van der Waals surface area contributed by atoms with Crippen LogP contribution >= 0.6 is 0 Å². The zero-order valence-electron chi connectivity index (χ0n) is 20.1. The molecule has 3 N–H and O–H groups in total. The largest absolute Gasteiger partial charge is 0.393 e. The van der Waals surface area contributed by atoms with Crippen molar-refractivity contribution in [3.05, 3.63) is 47.6 Å². The normalized spacial score (nSPS) is 38.4. The third-order valence-corrected chi connectivity index (χ3v) is 8.86. The van der Waals surface area contributed by atoms with E-state index in [1.54, 1.807) is 12.5 Å². The Morgan fingerprint density at radius 2 is 1.90 bits per heavy atom. The van der Waals surface area contributed by atoms with Crippen molar-refractivity contribution in [3.8, 4) is 0 Å². The molecule has 3 heteroatoms. The molecule has 0 heterocycles. The molecular formula is C28H44O3. The highest BCUT2D eigenvalue weighted by Gasteiger charge is 2.50. The van der Waals surface area contributed by atoms with Gasteiger partial charge in [0.2, 0.25) is 0 Å². The van der Waals surface area contributed by atoms with Crippen LogP contribution in [0.1, 0.15) is 79.1 Å². The Morgan fingerprint density at radius 3 is 2.61 bits per heavy atom. The zero-order valence-corrected chi connectivity index (χ0v) is 20.1. The second-order valence-electron chi connectivity index (χ2n) is 11.1. The molecular weight excluding hydrogens is 384 g/mol. The highest BCUT2D eigenvalue weighted by atomic mass is 16.3. The minimum absolute atomic E-state index is 0.0719. The third-order valence-electron chi connectivity index (χ3n) is 8.86. The van der Waals surface area contributed by atoms with E-state index in [4.69, 9.17) is 0 Å². The number of allylic oxidation sites excluding steroid dienone is 5. The van der Waals surface area contributed by atoms with Crippen LogP contribution in [0, 0.1) is 29.1 Å². The third kappa shape index (κ3) is 5.26. The maximum absolute atomic E-state index is 10.3. The van der Waals surface area contributed by atoms with Crippen molar-refractivity contribution in [1.82, 2.24) is 0 Å². The summed E-state index contributed by atoms with van der Waals surface area (Å²) in [7, 11) is 0. The van der Waals surface area contributed by atoms with Crippen molar-refractivity contribution in [2.24, 2.45) is 29.1 Å². The van der Waals surface area contributed by atoms with Crippen molar-refractivity contribution in [2.75, 3.05) is 6.61 Å². The standard InChI is InChI=1S/C28H44O3/c1-19-9-13-24(30)17-23(19)12-11-22-7-6-16-27(4)25(14-15-26(22)27)20(2)8-10-21(3)28(5,31)18-29/h8,10-12,20-21,24-26,29-31H,1,6-7,9,13-18H2,2-5H3/b10-8+,22-11+,23-12?/t20-,21+,24+,25-,26-,27-,28+/m1/s1. The summed E-state index contributed by atoms with van der Waals surface area (Å²) in [6.45, 7) is 12.5. The Kier molecular flexibility index (Phi) is 7.71. The summed E-state index contributed by atoms with van der Waals surface area (Å²) < 4.78 is 0. The van der Waals surface area contributed by atoms with Crippen molar-refractivity contribution in [1.29, 1.82) is 0 Å². The second-order valence-corrected chi connectivity index (χ2v) is 11.1. The van der Waals surface area contributed by atoms with Gasteiger partial charge in [-0.2, -0.15) is 0 Å². The predicted molar refractivity (Wildman–Crippen MR) is 129 cm³/mol. The Hall–Kier alpha value is -1.16. The molecule has 3 aliphatic rings. The minimum Gasteiger partial charge on any atom is -0.393 e. The zero-order chi connectivity index (χ0) is 22.8. The Morgan fingerprint density at radius 1 is 1.16 bits per heavy atom. The van der Waals surface area contributed by atoms with E-state index in [-0.39, 0.29) is 18.6 Å². The van der Waals surface area contributed by atoms with E-state index in [0.29, 0.717) is 23.2 Å². The maximum atomic E-state index is 10.3. The maximum Gasteiger partial charge on any atom is 0.0908 e. The fraction of sp³-hybridized carbons (Fsp3) is 0.714. The molecule has 0 aliphatic heterocycles. The summed E-state index contributed by atoms with van der Waals surface area (Å²) >= 11 is 0. The SMILES string of the molecule is C=C1CC[C@H](O)CC1=C/C=C1\CCC[C@@]2(C)[C@@H]1CC[C@@H]2[C@H](C)/C=C/[C@H](C)[C@@](C)(O)CO. The predicted octanol–water partition coefficient (Wildman–Crippen LogP) is 5.73. The van der Waals surface area contributed by atoms with Crippen molar-refractivity contribution < 1.29 is 15.3 Å². The molecule has 3 fully saturated rings. The summed E-state index contributed by atoms with van der Waals surface area (Å²) in [6.07, 6.45) is 17.5. The Balaban J connectivity index is 1.74. The van der Waals surface area contributed by atoms with Crippen LogP contribution in [0.2, 0.25) is 0 Å². The molecule has 0 amide bonds. The average molecular weight is 429 g/mol. The van der Waals surface area contributed by atoms with Gasteiger partial charge in [0, 0.05) is 5.92 Å². The monoisotopic (exact) mass is 428 g/mol. The molecule has 0 unspecified atom stereocenters. The topological polar surface area (TPSA) is 60.7 Å². The number of aliphatic hydroxyl groups is 3. The first-order valence-corrected chi connectivity index (χ1v) is 12.4. The van der Waals surface area contributed by atoms with Crippen LogP contribution in [0.5, 0.6) is 0 Å². The fourth-order valence-corrected chi connectivity index (χ4v) is 6.37. The molecule has 0 spiro atoms. The lowest BCUT2D eigenvalue weighted by atomic mass is 9.61. The van der Waals surface area contributed by atoms with Crippen molar-refractivity contribution >= 4 is 0 Å². The summed E-state index contributed by atoms with van der Waals surface area (Å²) in [5.41, 5.74) is 3.26. The van der Waals surface area contributed by atoms with Crippen LogP contribution in [0.3, 0.4) is 0 Å². The summed E-state index contributed by atoms with van der Waals surface area (Å²) in [5.74, 6) is 1.66. The first-order valence-electron chi connectivity index (χ1n) is 12.4. The van der Waals surface area contributed by atoms with Crippen LogP contribution < -0.4 is 0 Å². The number of aliphatic hydroxyl groups excluding tert-OH is 2. The fourth-order valence-electron chi connectivity index (χ4n) is 6.37. The van der Waals surface area contributed by atoms with Crippen LogP contribution in [0.15, 0.2) is 47.6 Å². The van der Waals surface area contributed by atoms with Crippen molar-refractivity contribution in [3.63, 3.8) is 0 Å². The quantitative estimate of drug-likeness (QED) is 0.474. The van der Waals surface area contributed by atoms with Crippen LogP contribution in [-0.4, -0.2) is 33.6 Å². The molecule has 174 valence electrons. The van der Waals surface area contributed by atoms with E-state index in [9.17, 15) is 15.3 Å². The number of hydrogen-bond donors (Lipinski definition) is 3. The van der Waals surface area contributed by atoms with Gasteiger partial charge in [-0.05, 0) is 87.0 Å². The van der Waals surface area contributed by atoms with Gasteiger partial charge in [0.05, 0.1) is 18.3 Å². The van der Waals surface area contributed by atoms with Gasteiger partial charge in [-0.25, -0.2) is 0 Å². The Labute approximate surface area is 189 Å². The van der Waals surface area contributed by atoms with Crippen LogP contribution in [0.4, 0.5) is 0 Å². The first-order chi connectivity index (χ1) is 14.6. The average Bonchev–Trinajstić information content (AvgIpc) is 3.09. The molecule has 0 aromatic heterocycles. The van der Waals surface area contributed by atoms with Gasteiger partial charge in [-0.15, -0.1) is 0 Å². The first kappa shape index (κ1) is 24.5. The highest BCUT2D eigenvalue weighted by molar-refractivity contribution is 5.36. The lowest BCUT2D eigenvalue weighted by molar-refractivity contribution is -0.0266. The lowest BCUT2D eigenvalue weighted by Gasteiger charge is -2.44. The van der Waals surface area contributed by atoms with E-state index in [1.807, 2.05) is 6.92 Å². The second kappa shape index (κ2) is 9.77. The van der Waals surface area contributed by atoms with Crippen LogP contribution in [-0.2, 0) is 0 Å². The summed E-state index contributed by atoms with van der Waals surface area (Å²) in [4.78, 5) is 0. The molecule has 0 aromatic carbocycles. The molecule has 7 atom stereocenters. The molecule has 0 saturated heterocycles. The van der Waals surface area contributed by atoms with Gasteiger partial charge in [0.1, 0.15) is 0 Å². The number of fused-ring (bicyclic) bond motifs is 1. The van der Waals surface area contributed by atoms with E-state index in [2.05, 4.69) is 44.7 Å². The van der Waals surface area contributed by atoms with Crippen LogP contribution in [0.25, 0.3) is 0 Å². The number of rotatable bonds is 6. The van der Waals surface area contributed by atoms with Gasteiger partial charge in [0.15, 0.2) is 0 Å². The smallest absolute Gasteiger partial charge is 0.0908 e. The molecule has 3 rings (SSSR count). The minimum atomic E-state index is -1.07. The van der Waals surface area contributed by atoms with E-state index >= 15 is 0 Å². The van der Waals surface area contributed by atoms with Gasteiger partial charge >= 0.3 is 0 Å². The Bertz CT molecular complexity index is 743.